The predicted octanol–water partition coefficient (Wildman–Crippen LogP) is 2.44. The first-order chi connectivity index (χ1) is 18.0. The molecule has 2 heterocycles. The molecular formula is C29H37N5O3. The number of piperidine rings is 1. The fourth-order valence-electron chi connectivity index (χ4n) is 5.76. The van der Waals surface area contributed by atoms with Crippen molar-refractivity contribution in [3.63, 3.8) is 0 Å². The Morgan fingerprint density at radius 1 is 0.946 bits per heavy atom. The second-order valence-corrected chi connectivity index (χ2v) is 10.5. The summed E-state index contributed by atoms with van der Waals surface area (Å²) in [6.45, 7) is 4.28. The van der Waals surface area contributed by atoms with Gasteiger partial charge in [0.1, 0.15) is 0 Å². The minimum absolute atomic E-state index is 0.0195. The summed E-state index contributed by atoms with van der Waals surface area (Å²) in [6.07, 6.45) is 4.75. The van der Waals surface area contributed by atoms with Gasteiger partial charge in [-0.05, 0) is 60.9 Å². The lowest BCUT2D eigenvalue weighted by atomic mass is 9.87. The summed E-state index contributed by atoms with van der Waals surface area (Å²) in [5, 5.41) is 8.92. The van der Waals surface area contributed by atoms with Crippen LogP contribution >= 0.6 is 0 Å². The SMILES string of the molecule is O=C(NCCN1CCNC1=O)[C@H]1C[C@@H](C(=O)Nc2ccc3c(c2)CCC3)CN(CCc2ccccc2)C1. The number of likely N-dealkylation sites (tertiary alicyclic amines) is 1. The molecular weight excluding hydrogens is 466 g/mol. The first-order valence-corrected chi connectivity index (χ1v) is 13.5. The molecule has 2 aliphatic heterocycles. The summed E-state index contributed by atoms with van der Waals surface area (Å²) in [6, 6.07) is 16.5. The number of benzene rings is 2. The highest BCUT2D eigenvalue weighted by molar-refractivity contribution is 5.93. The fraction of sp³-hybridized carbons (Fsp3) is 0.483. The number of rotatable bonds is 9. The van der Waals surface area contributed by atoms with E-state index in [0.29, 0.717) is 45.7 Å². The van der Waals surface area contributed by atoms with E-state index in [-0.39, 0.29) is 29.7 Å². The lowest BCUT2D eigenvalue weighted by molar-refractivity contribution is -0.130. The van der Waals surface area contributed by atoms with Gasteiger partial charge in [0, 0.05) is 51.5 Å². The van der Waals surface area contributed by atoms with Crippen molar-refractivity contribution in [2.45, 2.75) is 32.1 Å². The number of carbonyl (C=O) groups excluding carboxylic acids is 3. The van der Waals surface area contributed by atoms with Crippen LogP contribution in [0, 0.1) is 11.8 Å². The molecule has 2 atom stereocenters. The molecule has 2 fully saturated rings. The summed E-state index contributed by atoms with van der Waals surface area (Å²) >= 11 is 0. The molecule has 4 amide bonds. The molecule has 5 rings (SSSR count). The van der Waals surface area contributed by atoms with E-state index in [4.69, 9.17) is 0 Å². The van der Waals surface area contributed by atoms with Gasteiger partial charge in [-0.1, -0.05) is 36.4 Å². The van der Waals surface area contributed by atoms with Gasteiger partial charge >= 0.3 is 6.03 Å². The average molecular weight is 504 g/mol. The van der Waals surface area contributed by atoms with Gasteiger partial charge in [-0.25, -0.2) is 4.79 Å². The zero-order valence-electron chi connectivity index (χ0n) is 21.4. The standard InChI is InChI=1S/C29H37N5O3/c35-27(30-12-15-34-16-13-31-29(34)37)24-17-25(20-33(19-24)14-11-21-5-2-1-3-6-21)28(36)32-26-10-9-22-7-4-8-23(22)18-26/h1-3,5-6,9-10,18,24-25H,4,7-8,11-17,19-20H2,(H,30,35)(H,31,37)(H,32,36)/t24-,25+/m0/s1. The summed E-state index contributed by atoms with van der Waals surface area (Å²) in [5.41, 5.74) is 4.80. The number of urea groups is 1. The Balaban J connectivity index is 1.21. The monoisotopic (exact) mass is 503 g/mol. The Morgan fingerprint density at radius 2 is 1.73 bits per heavy atom. The average Bonchev–Trinajstić information content (AvgIpc) is 3.56. The number of carbonyl (C=O) groups is 3. The first-order valence-electron chi connectivity index (χ1n) is 13.5. The third-order valence-electron chi connectivity index (χ3n) is 7.82. The van der Waals surface area contributed by atoms with Crippen LogP contribution in [0.3, 0.4) is 0 Å². The highest BCUT2D eigenvalue weighted by Gasteiger charge is 2.35. The van der Waals surface area contributed by atoms with Crippen LogP contribution in [0.25, 0.3) is 0 Å². The summed E-state index contributed by atoms with van der Waals surface area (Å²) in [4.78, 5) is 42.2. The largest absolute Gasteiger partial charge is 0.354 e. The van der Waals surface area contributed by atoms with E-state index in [9.17, 15) is 14.4 Å². The van der Waals surface area contributed by atoms with E-state index in [2.05, 4.69) is 45.1 Å². The van der Waals surface area contributed by atoms with Gasteiger partial charge < -0.3 is 25.8 Å². The molecule has 2 saturated heterocycles. The van der Waals surface area contributed by atoms with Crippen molar-refractivity contribution in [1.29, 1.82) is 0 Å². The number of aryl methyl sites for hydroxylation is 2. The van der Waals surface area contributed by atoms with Crippen molar-refractivity contribution in [1.82, 2.24) is 20.4 Å². The van der Waals surface area contributed by atoms with Crippen LogP contribution in [-0.2, 0) is 28.9 Å². The van der Waals surface area contributed by atoms with Crippen molar-refractivity contribution in [2.24, 2.45) is 11.8 Å². The number of hydrogen-bond acceptors (Lipinski definition) is 4. The fourth-order valence-corrected chi connectivity index (χ4v) is 5.76. The van der Waals surface area contributed by atoms with Gasteiger partial charge in [-0.2, -0.15) is 0 Å². The van der Waals surface area contributed by atoms with Crippen LogP contribution in [0.1, 0.15) is 29.5 Å². The zero-order valence-corrected chi connectivity index (χ0v) is 21.4. The molecule has 0 radical (unpaired) electrons. The molecule has 3 aliphatic rings. The lowest BCUT2D eigenvalue weighted by Gasteiger charge is -2.36. The Morgan fingerprint density at radius 3 is 2.51 bits per heavy atom. The van der Waals surface area contributed by atoms with Crippen molar-refractivity contribution >= 4 is 23.5 Å². The molecule has 0 saturated carbocycles. The third-order valence-corrected chi connectivity index (χ3v) is 7.82. The summed E-state index contributed by atoms with van der Waals surface area (Å²) in [5.74, 6) is -0.598. The quantitative estimate of drug-likeness (QED) is 0.490. The first kappa shape index (κ1) is 25.3. The molecule has 196 valence electrons. The molecule has 1 aliphatic carbocycles. The van der Waals surface area contributed by atoms with Crippen molar-refractivity contribution < 1.29 is 14.4 Å². The smallest absolute Gasteiger partial charge is 0.317 e. The Labute approximate surface area is 218 Å². The van der Waals surface area contributed by atoms with E-state index in [1.165, 1.54) is 23.1 Å². The van der Waals surface area contributed by atoms with Crippen LogP contribution < -0.4 is 16.0 Å². The maximum absolute atomic E-state index is 13.4. The molecule has 0 spiro atoms. The molecule has 0 bridgehead atoms. The van der Waals surface area contributed by atoms with Gasteiger partial charge in [0.2, 0.25) is 11.8 Å². The van der Waals surface area contributed by atoms with Gasteiger partial charge in [0.25, 0.3) is 0 Å². The van der Waals surface area contributed by atoms with Crippen molar-refractivity contribution in [3.8, 4) is 0 Å². The molecule has 0 aromatic heterocycles. The number of nitrogens with zero attached hydrogens (tertiary/aromatic N) is 2. The maximum Gasteiger partial charge on any atom is 0.317 e. The minimum Gasteiger partial charge on any atom is -0.354 e. The normalized spacial score (nSPS) is 21.4. The number of fused-ring (bicyclic) bond motifs is 1. The second kappa shape index (κ2) is 11.8. The third kappa shape index (κ3) is 6.49. The molecule has 0 unspecified atom stereocenters. The van der Waals surface area contributed by atoms with E-state index >= 15 is 0 Å². The molecule has 2 aromatic carbocycles. The van der Waals surface area contributed by atoms with Crippen LogP contribution in [0.5, 0.6) is 0 Å². The second-order valence-electron chi connectivity index (χ2n) is 10.5. The molecule has 8 heteroatoms. The molecule has 8 nitrogen and oxygen atoms in total. The van der Waals surface area contributed by atoms with Crippen LogP contribution in [0.4, 0.5) is 10.5 Å². The van der Waals surface area contributed by atoms with Crippen molar-refractivity contribution in [3.05, 3.63) is 65.2 Å². The Hall–Kier alpha value is -3.39. The number of hydrogen-bond donors (Lipinski definition) is 3. The van der Waals surface area contributed by atoms with E-state index in [0.717, 1.165) is 31.5 Å². The van der Waals surface area contributed by atoms with E-state index < -0.39 is 0 Å². The van der Waals surface area contributed by atoms with E-state index in [1.54, 1.807) is 4.90 Å². The maximum atomic E-state index is 13.4. The van der Waals surface area contributed by atoms with Crippen LogP contribution in [0.2, 0.25) is 0 Å². The van der Waals surface area contributed by atoms with Crippen LogP contribution in [-0.4, -0.2) is 73.5 Å². The number of anilines is 1. The molecule has 3 N–H and O–H groups in total. The van der Waals surface area contributed by atoms with Crippen LogP contribution in [0.15, 0.2) is 48.5 Å². The van der Waals surface area contributed by atoms with E-state index in [1.807, 2.05) is 24.3 Å². The Bertz CT molecular complexity index is 1120. The van der Waals surface area contributed by atoms with Gasteiger partial charge in [0.15, 0.2) is 0 Å². The summed E-state index contributed by atoms with van der Waals surface area (Å²) < 4.78 is 0. The van der Waals surface area contributed by atoms with Crippen molar-refractivity contribution in [2.75, 3.05) is 51.1 Å². The van der Waals surface area contributed by atoms with Gasteiger partial charge in [0.05, 0.1) is 11.8 Å². The molecule has 37 heavy (non-hydrogen) atoms. The highest BCUT2D eigenvalue weighted by Crippen LogP contribution is 2.27. The number of nitrogens with one attached hydrogen (secondary N) is 3. The number of amides is 4. The highest BCUT2D eigenvalue weighted by atomic mass is 16.2. The summed E-state index contributed by atoms with van der Waals surface area (Å²) in [7, 11) is 0. The van der Waals surface area contributed by atoms with Gasteiger partial charge in [-0.15, -0.1) is 0 Å². The lowest BCUT2D eigenvalue weighted by Crippen LogP contribution is -2.50. The molecule has 2 aromatic rings. The topological polar surface area (TPSA) is 93.8 Å². The van der Waals surface area contributed by atoms with Gasteiger partial charge in [-0.3, -0.25) is 9.59 Å². The predicted molar refractivity (Wildman–Crippen MR) is 143 cm³/mol. The minimum atomic E-state index is -0.271. The zero-order chi connectivity index (χ0) is 25.6. The Kier molecular flexibility index (Phi) is 8.04.